The largest absolute Gasteiger partial charge is 0.279 e. The summed E-state index contributed by atoms with van der Waals surface area (Å²) in [6, 6.07) is 9.52. The Balaban J connectivity index is 1.63. The Morgan fingerprint density at radius 2 is 1.93 bits per heavy atom. The maximum atomic E-state index is 12.4. The van der Waals surface area contributed by atoms with Crippen LogP contribution in [-0.2, 0) is 10.0 Å². The molecule has 3 rings (SSSR count). The lowest BCUT2D eigenvalue weighted by Crippen LogP contribution is -2.30. The molecule has 8 heteroatoms. The Kier molecular flexibility index (Phi) is 5.90. The number of hydrogen-bond acceptors (Lipinski definition) is 5. The summed E-state index contributed by atoms with van der Waals surface area (Å²) in [5.41, 5.74) is 4.66. The van der Waals surface area contributed by atoms with Gasteiger partial charge in [0.2, 0.25) is 0 Å². The molecular formula is C20H25N3O3S2. The van der Waals surface area contributed by atoms with Crippen LogP contribution in [0.1, 0.15) is 50.4 Å². The van der Waals surface area contributed by atoms with Crippen molar-refractivity contribution in [3.8, 4) is 0 Å². The Bertz CT molecular complexity index is 963. The summed E-state index contributed by atoms with van der Waals surface area (Å²) in [5.74, 6) is 0.242. The zero-order valence-electron chi connectivity index (χ0n) is 16.2. The van der Waals surface area contributed by atoms with Crippen LogP contribution >= 0.6 is 11.3 Å². The third-order valence-electron chi connectivity index (χ3n) is 4.64. The second-order valence-electron chi connectivity index (χ2n) is 8.09. The van der Waals surface area contributed by atoms with E-state index in [2.05, 4.69) is 36.0 Å². The van der Waals surface area contributed by atoms with E-state index in [-0.39, 0.29) is 15.5 Å². The van der Waals surface area contributed by atoms with Crippen LogP contribution in [0.5, 0.6) is 0 Å². The second kappa shape index (κ2) is 8.05. The highest BCUT2D eigenvalue weighted by molar-refractivity contribution is 7.94. The normalized spacial score (nSPS) is 20.7. The molecular weight excluding hydrogens is 394 g/mol. The number of rotatable bonds is 5. The van der Waals surface area contributed by atoms with Gasteiger partial charge in [-0.2, -0.15) is 5.10 Å². The smallest absolute Gasteiger partial charge is 0.271 e. The first-order chi connectivity index (χ1) is 13.1. The Morgan fingerprint density at radius 3 is 2.54 bits per heavy atom. The number of hydrazone groups is 1. The average molecular weight is 420 g/mol. The van der Waals surface area contributed by atoms with Crippen LogP contribution in [0.15, 0.2) is 51.1 Å². The summed E-state index contributed by atoms with van der Waals surface area (Å²) in [5, 5.41) is 6.03. The maximum Gasteiger partial charge on any atom is 0.271 e. The van der Waals surface area contributed by atoms with Gasteiger partial charge in [-0.05, 0) is 66.3 Å². The van der Waals surface area contributed by atoms with Gasteiger partial charge in [0.25, 0.3) is 15.9 Å². The van der Waals surface area contributed by atoms with E-state index in [9.17, 15) is 13.2 Å². The number of hydrogen-bond donors (Lipinski definition) is 2. The van der Waals surface area contributed by atoms with Crippen LogP contribution in [-0.4, -0.2) is 20.0 Å². The summed E-state index contributed by atoms with van der Waals surface area (Å²) < 4.78 is 27.2. The third kappa shape index (κ3) is 5.20. The molecule has 6 nitrogen and oxygen atoms in total. The molecule has 0 radical (unpaired) electrons. The predicted octanol–water partition coefficient (Wildman–Crippen LogP) is 4.48. The zero-order valence-corrected chi connectivity index (χ0v) is 17.9. The van der Waals surface area contributed by atoms with Gasteiger partial charge in [-0.25, -0.2) is 13.8 Å². The molecule has 150 valence electrons. The number of thiophene rings is 1. The summed E-state index contributed by atoms with van der Waals surface area (Å²) in [6.45, 7) is 6.64. The minimum absolute atomic E-state index is 0.197. The molecule has 2 N–H and O–H groups in total. The first kappa shape index (κ1) is 20.5. The number of carbonyl (C=O) groups excluding carboxylic acids is 1. The molecule has 1 aromatic heterocycles. The first-order valence-electron chi connectivity index (χ1n) is 9.17. The van der Waals surface area contributed by atoms with Crippen molar-refractivity contribution >= 4 is 38.7 Å². The first-order valence-corrected chi connectivity index (χ1v) is 11.5. The molecule has 1 aliphatic carbocycles. The van der Waals surface area contributed by atoms with E-state index in [0.717, 1.165) is 36.3 Å². The molecule has 1 heterocycles. The van der Waals surface area contributed by atoms with Gasteiger partial charge in [0.1, 0.15) is 4.21 Å². The van der Waals surface area contributed by atoms with Gasteiger partial charge in [-0.15, -0.1) is 11.3 Å². The lowest BCUT2D eigenvalue weighted by atomic mass is 9.72. The summed E-state index contributed by atoms with van der Waals surface area (Å²) in [6.07, 6.45) is 2.93. The van der Waals surface area contributed by atoms with Crippen LogP contribution in [0, 0.1) is 11.3 Å². The molecule has 0 spiro atoms. The third-order valence-corrected chi connectivity index (χ3v) is 7.42. The average Bonchev–Trinajstić information content (AvgIpc) is 3.14. The molecule has 2 aromatic rings. The summed E-state index contributed by atoms with van der Waals surface area (Å²) >= 11 is 1.15. The Labute approximate surface area is 170 Å². The standard InChI is InChI=1S/C20H25N3O3S2/c1-14-11-17(13-20(2,3)12-14)21-22-19(24)15-6-8-16(9-7-15)23-28(25,26)18-5-4-10-27-18/h4-10,14,23H,11-13H2,1-3H3,(H,22,24)/b21-17+/t14-/m0/s1. The number of nitrogens with one attached hydrogen (secondary N) is 2. The molecule has 1 amide bonds. The lowest BCUT2D eigenvalue weighted by Gasteiger charge is -2.34. The van der Waals surface area contributed by atoms with Crippen LogP contribution < -0.4 is 10.1 Å². The molecule has 1 fully saturated rings. The zero-order chi connectivity index (χ0) is 20.4. The van der Waals surface area contributed by atoms with Gasteiger partial charge in [0.05, 0.1) is 0 Å². The van der Waals surface area contributed by atoms with Crippen molar-refractivity contribution in [2.24, 2.45) is 16.4 Å². The molecule has 1 aromatic carbocycles. The van der Waals surface area contributed by atoms with E-state index >= 15 is 0 Å². The SMILES string of the molecule is C[C@H]1C/C(=N\NC(=O)c2ccc(NS(=O)(=O)c3cccs3)cc2)CC(C)(C)C1. The molecule has 0 unspecified atom stereocenters. The van der Waals surface area contributed by atoms with Crippen molar-refractivity contribution in [2.75, 3.05) is 4.72 Å². The van der Waals surface area contributed by atoms with E-state index < -0.39 is 10.0 Å². The van der Waals surface area contributed by atoms with Crippen molar-refractivity contribution in [3.63, 3.8) is 0 Å². The molecule has 0 bridgehead atoms. The molecule has 0 saturated heterocycles. The number of sulfonamides is 1. The monoisotopic (exact) mass is 419 g/mol. The number of carbonyl (C=O) groups is 1. The maximum absolute atomic E-state index is 12.4. The van der Waals surface area contributed by atoms with Crippen LogP contribution in [0.25, 0.3) is 0 Å². The van der Waals surface area contributed by atoms with Crippen LogP contribution in [0.3, 0.4) is 0 Å². The van der Waals surface area contributed by atoms with Crippen molar-refractivity contribution in [1.29, 1.82) is 0 Å². The van der Waals surface area contributed by atoms with Gasteiger partial charge >= 0.3 is 0 Å². The van der Waals surface area contributed by atoms with Crippen molar-refractivity contribution in [1.82, 2.24) is 5.43 Å². The summed E-state index contributed by atoms with van der Waals surface area (Å²) in [7, 11) is -3.60. The van der Waals surface area contributed by atoms with E-state index in [1.807, 2.05) is 0 Å². The fraction of sp³-hybridized carbons (Fsp3) is 0.400. The minimum atomic E-state index is -3.60. The molecule has 1 aliphatic rings. The van der Waals surface area contributed by atoms with E-state index in [1.165, 1.54) is 0 Å². The van der Waals surface area contributed by atoms with Gasteiger partial charge < -0.3 is 0 Å². The fourth-order valence-electron chi connectivity index (χ4n) is 3.71. The Morgan fingerprint density at radius 1 is 1.21 bits per heavy atom. The molecule has 0 aliphatic heterocycles. The van der Waals surface area contributed by atoms with Gasteiger partial charge in [0.15, 0.2) is 0 Å². The number of benzene rings is 1. The molecule has 1 saturated carbocycles. The van der Waals surface area contributed by atoms with Crippen molar-refractivity contribution in [3.05, 3.63) is 47.3 Å². The van der Waals surface area contributed by atoms with E-state index in [0.29, 0.717) is 17.2 Å². The van der Waals surface area contributed by atoms with E-state index in [1.54, 1.807) is 41.8 Å². The van der Waals surface area contributed by atoms with Crippen LogP contribution in [0.2, 0.25) is 0 Å². The highest BCUT2D eigenvalue weighted by atomic mass is 32.2. The highest BCUT2D eigenvalue weighted by Crippen LogP contribution is 2.36. The minimum Gasteiger partial charge on any atom is -0.279 e. The number of anilines is 1. The fourth-order valence-corrected chi connectivity index (χ4v) is 5.76. The highest BCUT2D eigenvalue weighted by Gasteiger charge is 2.29. The van der Waals surface area contributed by atoms with Crippen molar-refractivity contribution < 1.29 is 13.2 Å². The molecule has 1 atom stereocenters. The quantitative estimate of drug-likeness (QED) is 0.701. The number of nitrogens with zero attached hydrogens (tertiary/aromatic N) is 1. The molecule has 28 heavy (non-hydrogen) atoms. The predicted molar refractivity (Wildman–Crippen MR) is 113 cm³/mol. The summed E-state index contributed by atoms with van der Waals surface area (Å²) in [4.78, 5) is 12.4. The van der Waals surface area contributed by atoms with Crippen LogP contribution in [0.4, 0.5) is 5.69 Å². The van der Waals surface area contributed by atoms with Crippen molar-refractivity contribution in [2.45, 2.75) is 44.2 Å². The van der Waals surface area contributed by atoms with E-state index in [4.69, 9.17) is 0 Å². The van der Waals surface area contributed by atoms with Gasteiger partial charge in [-0.3, -0.25) is 9.52 Å². The Hall–Kier alpha value is -2.19. The lowest BCUT2D eigenvalue weighted by molar-refractivity contribution is 0.0954. The second-order valence-corrected chi connectivity index (χ2v) is 10.9. The van der Waals surface area contributed by atoms with Gasteiger partial charge in [-0.1, -0.05) is 26.8 Å². The topological polar surface area (TPSA) is 87.6 Å². The number of amides is 1. The van der Waals surface area contributed by atoms with Gasteiger partial charge in [0, 0.05) is 17.0 Å².